The molecule has 0 bridgehead atoms. The summed E-state index contributed by atoms with van der Waals surface area (Å²) in [7, 11) is 0. The lowest BCUT2D eigenvalue weighted by Gasteiger charge is -2.33. The van der Waals surface area contributed by atoms with Crippen LogP contribution in [0.15, 0.2) is 64.7 Å². The molecule has 1 aliphatic rings. The number of carbonyl (C=O) groups excluding carboxylic acids is 1. The van der Waals surface area contributed by atoms with Crippen LogP contribution in [0.5, 0.6) is 0 Å². The summed E-state index contributed by atoms with van der Waals surface area (Å²) in [6.07, 6.45) is 6.08. The van der Waals surface area contributed by atoms with Crippen LogP contribution in [0.4, 0.5) is 0 Å². The highest BCUT2D eigenvalue weighted by Crippen LogP contribution is 2.42. The molecule has 0 amide bonds. The van der Waals surface area contributed by atoms with Crippen molar-refractivity contribution in [3.63, 3.8) is 0 Å². The summed E-state index contributed by atoms with van der Waals surface area (Å²) in [5.74, 6) is 0.252. The number of ketones is 1. The normalized spacial score (nSPS) is 19.2. The number of Topliss-reactive ketones (excluding diaryl/α,β-unsaturated/α-hetero) is 1. The van der Waals surface area contributed by atoms with Gasteiger partial charge < -0.3 is 0 Å². The first-order valence-electron chi connectivity index (χ1n) is 7.94. The first-order chi connectivity index (χ1) is 10.6. The van der Waals surface area contributed by atoms with Gasteiger partial charge in [0, 0.05) is 27.0 Å². The molecular weight excluding hydrogens is 348 g/mol. The molecule has 0 aromatic heterocycles. The first kappa shape index (κ1) is 17.9. The minimum atomic E-state index is -0.341. The Morgan fingerprint density at radius 2 is 1.70 bits per heavy atom. The molecule has 0 radical (unpaired) electrons. The highest BCUT2D eigenvalue weighted by molar-refractivity contribution is 9.10. The Morgan fingerprint density at radius 3 is 2.22 bits per heavy atom. The van der Waals surface area contributed by atoms with E-state index < -0.39 is 0 Å². The van der Waals surface area contributed by atoms with Gasteiger partial charge in [-0.25, -0.2) is 0 Å². The van der Waals surface area contributed by atoms with Crippen molar-refractivity contribution < 1.29 is 4.79 Å². The number of hydrogen-bond donors (Lipinski definition) is 0. The summed E-state index contributed by atoms with van der Waals surface area (Å²) < 4.78 is 1.05. The number of benzene rings is 1. The van der Waals surface area contributed by atoms with E-state index in [1.54, 1.807) is 0 Å². The van der Waals surface area contributed by atoms with Crippen molar-refractivity contribution >= 4 is 21.7 Å². The average molecular weight is 373 g/mol. The van der Waals surface area contributed by atoms with E-state index in [4.69, 9.17) is 0 Å². The Bertz CT molecular complexity index is 699. The molecule has 0 saturated heterocycles. The molecule has 2 heteroatoms. The smallest absolute Gasteiger partial charge is 0.185 e. The molecule has 0 heterocycles. The maximum absolute atomic E-state index is 13.0. The Labute approximate surface area is 148 Å². The van der Waals surface area contributed by atoms with Gasteiger partial charge >= 0.3 is 0 Å². The number of halogens is 1. The molecule has 1 aromatic carbocycles. The quantitative estimate of drug-likeness (QED) is 0.574. The fourth-order valence-electron chi connectivity index (χ4n) is 2.82. The molecule has 1 aliphatic carbocycles. The monoisotopic (exact) mass is 372 g/mol. The Hall–Kier alpha value is -1.41. The van der Waals surface area contributed by atoms with E-state index >= 15 is 0 Å². The zero-order chi connectivity index (χ0) is 17.4. The maximum Gasteiger partial charge on any atom is 0.185 e. The molecule has 1 atom stereocenters. The summed E-state index contributed by atoms with van der Waals surface area (Å²) in [6, 6.07) is 8.28. The van der Waals surface area contributed by atoms with Gasteiger partial charge in [-0.3, -0.25) is 4.79 Å². The van der Waals surface area contributed by atoms with E-state index in [0.717, 1.165) is 15.6 Å². The van der Waals surface area contributed by atoms with E-state index in [1.165, 1.54) is 5.56 Å². The Morgan fingerprint density at radius 1 is 1.09 bits per heavy atom. The van der Waals surface area contributed by atoms with Gasteiger partial charge in [0.1, 0.15) is 0 Å². The fourth-order valence-corrected chi connectivity index (χ4v) is 3.23. The molecule has 122 valence electrons. The minimum absolute atomic E-state index is 0.105. The van der Waals surface area contributed by atoms with Crippen molar-refractivity contribution in [2.45, 2.75) is 40.5 Å². The Kier molecular flexibility index (Phi) is 4.86. The van der Waals surface area contributed by atoms with Crippen LogP contribution in [0.3, 0.4) is 0 Å². The molecule has 0 fully saturated rings. The van der Waals surface area contributed by atoms with Crippen molar-refractivity contribution in [2.75, 3.05) is 0 Å². The summed E-state index contributed by atoms with van der Waals surface area (Å²) in [4.78, 5) is 13.0. The lowest BCUT2D eigenvalue weighted by Crippen LogP contribution is -2.29. The SMILES string of the molecule is C=CC(C)(C)C1=CC(c2cccc(Br)c2)C=C(C(C)(C)C)C1=O. The summed E-state index contributed by atoms with van der Waals surface area (Å²) in [6.45, 7) is 14.3. The average Bonchev–Trinajstić information content (AvgIpc) is 2.46. The van der Waals surface area contributed by atoms with E-state index in [-0.39, 0.29) is 22.5 Å². The molecule has 23 heavy (non-hydrogen) atoms. The molecular formula is C21H25BrO. The van der Waals surface area contributed by atoms with Crippen LogP contribution in [0, 0.1) is 10.8 Å². The van der Waals surface area contributed by atoms with Crippen molar-refractivity contribution in [2.24, 2.45) is 10.8 Å². The van der Waals surface area contributed by atoms with Crippen LogP contribution in [0.25, 0.3) is 0 Å². The molecule has 1 nitrogen and oxygen atoms in total. The lowest BCUT2D eigenvalue weighted by atomic mass is 9.69. The highest BCUT2D eigenvalue weighted by Gasteiger charge is 2.36. The summed E-state index contributed by atoms with van der Waals surface area (Å²) >= 11 is 3.54. The van der Waals surface area contributed by atoms with E-state index in [0.29, 0.717) is 0 Å². The second kappa shape index (κ2) is 6.24. The first-order valence-corrected chi connectivity index (χ1v) is 8.74. The standard InChI is InChI=1S/C21H25BrO/c1-7-21(5,6)18-13-15(14-9-8-10-16(22)11-14)12-17(19(18)23)20(2,3)4/h7-13,15H,1H2,2-6H3. The van der Waals surface area contributed by atoms with E-state index in [2.05, 4.69) is 67.6 Å². The molecule has 1 aromatic rings. The fraction of sp³-hybridized carbons (Fsp3) is 0.381. The summed E-state index contributed by atoms with van der Waals surface area (Å²) in [5.41, 5.74) is 2.38. The van der Waals surface area contributed by atoms with Gasteiger partial charge in [-0.05, 0) is 23.1 Å². The number of allylic oxidation sites excluding steroid dienone is 5. The Balaban J connectivity index is 2.61. The van der Waals surface area contributed by atoms with Crippen molar-refractivity contribution in [3.05, 3.63) is 70.3 Å². The number of carbonyl (C=O) groups is 1. The van der Waals surface area contributed by atoms with Crippen LogP contribution in [-0.4, -0.2) is 5.78 Å². The van der Waals surface area contributed by atoms with Crippen molar-refractivity contribution in [1.29, 1.82) is 0 Å². The van der Waals surface area contributed by atoms with Gasteiger partial charge in [0.2, 0.25) is 0 Å². The zero-order valence-electron chi connectivity index (χ0n) is 14.6. The third-order valence-electron chi connectivity index (χ3n) is 4.43. The molecule has 2 rings (SSSR count). The van der Waals surface area contributed by atoms with E-state index in [1.807, 2.05) is 32.1 Å². The predicted octanol–water partition coefficient (Wildman–Crippen LogP) is 6.23. The number of hydrogen-bond acceptors (Lipinski definition) is 1. The van der Waals surface area contributed by atoms with Crippen LogP contribution in [-0.2, 0) is 4.79 Å². The van der Waals surface area contributed by atoms with Gasteiger partial charge in [0.25, 0.3) is 0 Å². The van der Waals surface area contributed by atoms with Crippen molar-refractivity contribution in [1.82, 2.24) is 0 Å². The maximum atomic E-state index is 13.0. The topological polar surface area (TPSA) is 17.1 Å². The van der Waals surface area contributed by atoms with Crippen LogP contribution in [0.2, 0.25) is 0 Å². The lowest BCUT2D eigenvalue weighted by molar-refractivity contribution is -0.114. The largest absolute Gasteiger partial charge is 0.289 e. The van der Waals surface area contributed by atoms with Gasteiger partial charge in [0.05, 0.1) is 0 Å². The third-order valence-corrected chi connectivity index (χ3v) is 4.92. The highest BCUT2D eigenvalue weighted by atomic mass is 79.9. The molecule has 0 spiro atoms. The zero-order valence-corrected chi connectivity index (χ0v) is 16.2. The second-order valence-corrected chi connectivity index (χ2v) is 8.66. The molecule has 0 aliphatic heterocycles. The van der Waals surface area contributed by atoms with E-state index in [9.17, 15) is 4.79 Å². The minimum Gasteiger partial charge on any atom is -0.289 e. The second-order valence-electron chi connectivity index (χ2n) is 7.75. The molecule has 0 N–H and O–H groups in total. The van der Waals surface area contributed by atoms with Crippen LogP contribution in [0.1, 0.15) is 46.1 Å². The molecule has 1 unspecified atom stereocenters. The number of rotatable bonds is 3. The van der Waals surface area contributed by atoms with Gasteiger partial charge in [-0.1, -0.05) is 80.9 Å². The van der Waals surface area contributed by atoms with Crippen molar-refractivity contribution in [3.8, 4) is 0 Å². The third kappa shape index (κ3) is 3.74. The van der Waals surface area contributed by atoms with Gasteiger partial charge in [0.15, 0.2) is 5.78 Å². The summed E-state index contributed by atoms with van der Waals surface area (Å²) in [5, 5.41) is 0. The predicted molar refractivity (Wildman–Crippen MR) is 101 cm³/mol. The van der Waals surface area contributed by atoms with Gasteiger partial charge in [-0.15, -0.1) is 6.58 Å². The van der Waals surface area contributed by atoms with Gasteiger partial charge in [-0.2, -0.15) is 0 Å². The molecule has 0 saturated carbocycles. The van der Waals surface area contributed by atoms with Crippen LogP contribution >= 0.6 is 15.9 Å². The van der Waals surface area contributed by atoms with Crippen LogP contribution < -0.4 is 0 Å².